The van der Waals surface area contributed by atoms with E-state index in [4.69, 9.17) is 0 Å². The molecule has 0 saturated heterocycles. The predicted molar refractivity (Wildman–Crippen MR) is 92.8 cm³/mol. The van der Waals surface area contributed by atoms with Crippen molar-refractivity contribution in [3.05, 3.63) is 29.8 Å². The molecule has 0 radical (unpaired) electrons. The van der Waals surface area contributed by atoms with E-state index in [1.54, 1.807) is 0 Å². The smallest absolute Gasteiger partial charge is 0.0361 e. The second kappa shape index (κ2) is 6.00. The van der Waals surface area contributed by atoms with Gasteiger partial charge in [0.05, 0.1) is 0 Å². The van der Waals surface area contributed by atoms with Crippen molar-refractivity contribution in [2.45, 2.75) is 59.5 Å². The van der Waals surface area contributed by atoms with E-state index in [1.807, 2.05) is 0 Å². The van der Waals surface area contributed by atoms with Gasteiger partial charge in [-0.25, -0.2) is 0 Å². The van der Waals surface area contributed by atoms with Crippen LogP contribution >= 0.6 is 0 Å². The monoisotopic (exact) mass is 288 g/mol. The molecule has 21 heavy (non-hydrogen) atoms. The van der Waals surface area contributed by atoms with E-state index < -0.39 is 0 Å². The molecule has 2 heteroatoms. The SMILES string of the molecule is CN(C)c1ccc(CNC2CC(C)(C)CC(C)(C)C2)cc1. The third-order valence-electron chi connectivity index (χ3n) is 4.60. The Labute approximate surface area is 130 Å². The molecule has 0 amide bonds. The molecule has 2 rings (SSSR count). The van der Waals surface area contributed by atoms with Gasteiger partial charge in [0.2, 0.25) is 0 Å². The van der Waals surface area contributed by atoms with Crippen LogP contribution in [0.2, 0.25) is 0 Å². The molecule has 1 saturated carbocycles. The largest absolute Gasteiger partial charge is 0.378 e. The molecule has 1 aromatic carbocycles. The third-order valence-corrected chi connectivity index (χ3v) is 4.60. The first kappa shape index (κ1) is 16.4. The Kier molecular flexibility index (Phi) is 4.67. The lowest BCUT2D eigenvalue weighted by Gasteiger charge is -2.45. The molecule has 0 unspecified atom stereocenters. The van der Waals surface area contributed by atoms with Crippen molar-refractivity contribution in [3.8, 4) is 0 Å². The van der Waals surface area contributed by atoms with E-state index in [2.05, 4.69) is 76.3 Å². The van der Waals surface area contributed by atoms with Gasteiger partial charge in [-0.2, -0.15) is 0 Å². The van der Waals surface area contributed by atoms with E-state index >= 15 is 0 Å². The van der Waals surface area contributed by atoms with Gasteiger partial charge in [0.25, 0.3) is 0 Å². The van der Waals surface area contributed by atoms with E-state index in [9.17, 15) is 0 Å². The van der Waals surface area contributed by atoms with Gasteiger partial charge in [-0.15, -0.1) is 0 Å². The molecule has 0 atom stereocenters. The zero-order chi connectivity index (χ0) is 15.7. The van der Waals surface area contributed by atoms with Crippen LogP contribution in [0.15, 0.2) is 24.3 Å². The lowest BCUT2D eigenvalue weighted by molar-refractivity contribution is 0.0845. The maximum Gasteiger partial charge on any atom is 0.0361 e. The maximum atomic E-state index is 3.78. The summed E-state index contributed by atoms with van der Waals surface area (Å²) in [6.45, 7) is 10.6. The highest BCUT2D eigenvalue weighted by Gasteiger charge is 2.38. The van der Waals surface area contributed by atoms with Crippen molar-refractivity contribution >= 4 is 5.69 Å². The molecule has 2 nitrogen and oxygen atoms in total. The average Bonchev–Trinajstić information content (AvgIpc) is 2.33. The van der Waals surface area contributed by atoms with Gasteiger partial charge in [-0.3, -0.25) is 0 Å². The molecule has 0 spiro atoms. The summed E-state index contributed by atoms with van der Waals surface area (Å²) in [6, 6.07) is 9.51. The molecule has 1 aliphatic carbocycles. The minimum atomic E-state index is 0.453. The minimum Gasteiger partial charge on any atom is -0.378 e. The molecular formula is C19H32N2. The van der Waals surface area contributed by atoms with Gasteiger partial charge < -0.3 is 10.2 Å². The van der Waals surface area contributed by atoms with Crippen LogP contribution in [-0.2, 0) is 6.54 Å². The summed E-state index contributed by atoms with van der Waals surface area (Å²) in [7, 11) is 4.17. The van der Waals surface area contributed by atoms with Crippen LogP contribution in [0, 0.1) is 10.8 Å². The summed E-state index contributed by atoms with van der Waals surface area (Å²) in [4.78, 5) is 2.14. The lowest BCUT2D eigenvalue weighted by atomic mass is 9.63. The van der Waals surface area contributed by atoms with Crippen molar-refractivity contribution < 1.29 is 0 Å². The first-order valence-corrected chi connectivity index (χ1v) is 8.17. The van der Waals surface area contributed by atoms with Gasteiger partial charge in [-0.05, 0) is 47.8 Å². The highest BCUT2D eigenvalue weighted by Crippen LogP contribution is 2.45. The Balaban J connectivity index is 1.93. The first-order chi connectivity index (χ1) is 9.67. The molecular weight excluding hydrogens is 256 g/mol. The topological polar surface area (TPSA) is 15.3 Å². The molecule has 0 bridgehead atoms. The number of hydrogen-bond donors (Lipinski definition) is 1. The van der Waals surface area contributed by atoms with Crippen molar-refractivity contribution in [2.24, 2.45) is 10.8 Å². The van der Waals surface area contributed by atoms with Crippen molar-refractivity contribution in [2.75, 3.05) is 19.0 Å². The van der Waals surface area contributed by atoms with E-state index in [0.29, 0.717) is 16.9 Å². The number of benzene rings is 1. The highest BCUT2D eigenvalue weighted by molar-refractivity contribution is 5.45. The van der Waals surface area contributed by atoms with Crippen molar-refractivity contribution in [1.82, 2.24) is 5.32 Å². The predicted octanol–water partition coefficient (Wildman–Crippen LogP) is 4.45. The summed E-state index contributed by atoms with van der Waals surface area (Å²) >= 11 is 0. The van der Waals surface area contributed by atoms with Crippen LogP contribution in [-0.4, -0.2) is 20.1 Å². The minimum absolute atomic E-state index is 0.453. The zero-order valence-corrected chi connectivity index (χ0v) is 14.7. The summed E-state index contributed by atoms with van der Waals surface area (Å²) < 4.78 is 0. The standard InChI is InChI=1S/C19H32N2/c1-18(2)11-16(12-19(3,4)14-18)20-13-15-7-9-17(10-8-15)21(5)6/h7-10,16,20H,11-14H2,1-6H3. The Hall–Kier alpha value is -1.02. The molecule has 0 heterocycles. The van der Waals surface area contributed by atoms with Crippen LogP contribution in [0.5, 0.6) is 0 Å². The third kappa shape index (κ3) is 4.74. The van der Waals surface area contributed by atoms with Gasteiger partial charge in [0.15, 0.2) is 0 Å². The number of anilines is 1. The highest BCUT2D eigenvalue weighted by atomic mass is 15.1. The van der Waals surface area contributed by atoms with E-state index in [0.717, 1.165) is 6.54 Å². The fraction of sp³-hybridized carbons (Fsp3) is 0.684. The number of nitrogens with zero attached hydrogens (tertiary/aromatic N) is 1. The van der Waals surface area contributed by atoms with Crippen molar-refractivity contribution in [3.63, 3.8) is 0 Å². The molecule has 0 aliphatic heterocycles. The Morgan fingerprint density at radius 2 is 1.52 bits per heavy atom. The Morgan fingerprint density at radius 1 is 1.00 bits per heavy atom. The number of rotatable bonds is 4. The van der Waals surface area contributed by atoms with Crippen LogP contribution in [0.3, 0.4) is 0 Å². The van der Waals surface area contributed by atoms with Crippen molar-refractivity contribution in [1.29, 1.82) is 0 Å². The van der Waals surface area contributed by atoms with Crippen LogP contribution in [0.4, 0.5) is 5.69 Å². The van der Waals surface area contributed by atoms with Gasteiger partial charge >= 0.3 is 0 Å². The maximum absolute atomic E-state index is 3.78. The van der Waals surface area contributed by atoms with E-state index in [-0.39, 0.29) is 0 Å². The van der Waals surface area contributed by atoms with Crippen LogP contribution in [0.1, 0.15) is 52.5 Å². The molecule has 1 N–H and O–H groups in total. The van der Waals surface area contributed by atoms with Crippen LogP contribution < -0.4 is 10.2 Å². The first-order valence-electron chi connectivity index (χ1n) is 8.17. The van der Waals surface area contributed by atoms with Gasteiger partial charge in [-0.1, -0.05) is 39.8 Å². The molecule has 1 aromatic rings. The Bertz CT molecular complexity index is 441. The molecule has 118 valence electrons. The second-order valence-corrected chi connectivity index (χ2v) is 8.55. The summed E-state index contributed by atoms with van der Waals surface area (Å²) in [6.07, 6.45) is 3.90. The lowest BCUT2D eigenvalue weighted by Crippen LogP contribution is -2.43. The second-order valence-electron chi connectivity index (χ2n) is 8.55. The average molecular weight is 288 g/mol. The summed E-state index contributed by atoms with van der Waals surface area (Å²) in [5, 5.41) is 3.78. The molecule has 1 fully saturated rings. The van der Waals surface area contributed by atoms with Gasteiger partial charge in [0, 0.05) is 32.4 Å². The number of hydrogen-bond acceptors (Lipinski definition) is 2. The van der Waals surface area contributed by atoms with E-state index in [1.165, 1.54) is 30.5 Å². The number of nitrogens with one attached hydrogen (secondary N) is 1. The normalized spacial score (nSPS) is 21.2. The zero-order valence-electron chi connectivity index (χ0n) is 14.7. The van der Waals surface area contributed by atoms with Crippen LogP contribution in [0.25, 0.3) is 0 Å². The molecule has 1 aliphatic rings. The Morgan fingerprint density at radius 3 is 2.00 bits per heavy atom. The fourth-order valence-corrected chi connectivity index (χ4v) is 4.16. The quantitative estimate of drug-likeness (QED) is 0.880. The summed E-state index contributed by atoms with van der Waals surface area (Å²) in [5.41, 5.74) is 3.54. The molecule has 0 aromatic heterocycles. The summed E-state index contributed by atoms with van der Waals surface area (Å²) in [5.74, 6) is 0. The fourth-order valence-electron chi connectivity index (χ4n) is 4.16. The van der Waals surface area contributed by atoms with Gasteiger partial charge in [0.1, 0.15) is 0 Å².